The molecule has 1 aromatic heterocycles. The molecule has 0 fully saturated rings. The first kappa shape index (κ1) is 27.9. The lowest BCUT2D eigenvalue weighted by Gasteiger charge is -2.28. The molecule has 0 aliphatic heterocycles. The second kappa shape index (κ2) is 10.4. The van der Waals surface area contributed by atoms with Gasteiger partial charge in [0.1, 0.15) is 5.58 Å². The smallest absolute Gasteiger partial charge is 0.159 e. The highest BCUT2D eigenvalue weighted by Crippen LogP contribution is 2.51. The average Bonchev–Trinajstić information content (AvgIpc) is 3.65. The maximum absolute atomic E-state index is 6.82. The predicted octanol–water partition coefficient (Wildman–Crippen LogP) is 13.3. The lowest BCUT2D eigenvalue weighted by Crippen LogP contribution is -2.16. The fourth-order valence-corrected chi connectivity index (χ4v) is 8.18. The standard InChI is InChI=1S/C47H33NO/c1-47(2)41-19-8-7-17-38(41)39-25-24-36(29-42(39)47)48(35-15-9-14-33(28-35)34-22-21-30-11-3-4-13-32(30)27-34)43-20-10-18-40-45-37-16-6-5-12-31(37)23-26-44(45)49-46(40)43/h3-29H,1-2H3. The first-order valence-electron chi connectivity index (χ1n) is 17.0. The van der Waals surface area contributed by atoms with Gasteiger partial charge in [-0.1, -0.05) is 135 Å². The number of rotatable bonds is 4. The van der Waals surface area contributed by atoms with Gasteiger partial charge in [-0.05, 0) is 97.4 Å². The average molecular weight is 628 g/mol. The van der Waals surface area contributed by atoms with Crippen LogP contribution in [-0.2, 0) is 5.41 Å². The van der Waals surface area contributed by atoms with Crippen LogP contribution in [0, 0.1) is 0 Å². The number of para-hydroxylation sites is 1. The summed E-state index contributed by atoms with van der Waals surface area (Å²) in [6, 6.07) is 59.4. The summed E-state index contributed by atoms with van der Waals surface area (Å²) in [5.74, 6) is 0. The van der Waals surface area contributed by atoms with E-state index in [9.17, 15) is 0 Å². The van der Waals surface area contributed by atoms with Crippen LogP contribution in [0.4, 0.5) is 17.1 Å². The van der Waals surface area contributed by atoms with E-state index in [1.807, 2.05) is 0 Å². The Morgan fingerprint density at radius 2 is 1.16 bits per heavy atom. The summed E-state index contributed by atoms with van der Waals surface area (Å²) in [5.41, 5.74) is 12.6. The number of hydrogen-bond acceptors (Lipinski definition) is 2. The summed E-state index contributed by atoms with van der Waals surface area (Å²) < 4.78 is 6.82. The fourth-order valence-electron chi connectivity index (χ4n) is 8.18. The Morgan fingerprint density at radius 3 is 2.08 bits per heavy atom. The van der Waals surface area contributed by atoms with E-state index >= 15 is 0 Å². The summed E-state index contributed by atoms with van der Waals surface area (Å²) >= 11 is 0. The van der Waals surface area contributed by atoms with Gasteiger partial charge in [-0.15, -0.1) is 0 Å². The molecule has 1 aliphatic carbocycles. The van der Waals surface area contributed by atoms with Crippen LogP contribution in [0.25, 0.3) is 65.7 Å². The molecule has 0 bridgehead atoms. The molecule has 0 saturated carbocycles. The molecule has 2 heteroatoms. The van der Waals surface area contributed by atoms with Crippen molar-refractivity contribution in [2.24, 2.45) is 0 Å². The summed E-state index contributed by atoms with van der Waals surface area (Å²) in [7, 11) is 0. The highest BCUT2D eigenvalue weighted by atomic mass is 16.3. The molecule has 2 nitrogen and oxygen atoms in total. The zero-order chi connectivity index (χ0) is 32.7. The van der Waals surface area contributed by atoms with Crippen LogP contribution in [0.2, 0.25) is 0 Å². The van der Waals surface area contributed by atoms with Crippen LogP contribution in [0.1, 0.15) is 25.0 Å². The molecular formula is C47H33NO. The molecule has 0 spiro atoms. The van der Waals surface area contributed by atoms with Crippen LogP contribution < -0.4 is 4.90 Å². The Morgan fingerprint density at radius 1 is 0.469 bits per heavy atom. The summed E-state index contributed by atoms with van der Waals surface area (Å²) in [4.78, 5) is 2.39. The van der Waals surface area contributed by atoms with Gasteiger partial charge < -0.3 is 9.32 Å². The highest BCUT2D eigenvalue weighted by molar-refractivity contribution is 6.21. The van der Waals surface area contributed by atoms with Gasteiger partial charge >= 0.3 is 0 Å². The Labute approximate surface area is 285 Å². The third-order valence-electron chi connectivity index (χ3n) is 10.6. The van der Waals surface area contributed by atoms with Crippen LogP contribution in [-0.4, -0.2) is 0 Å². The minimum Gasteiger partial charge on any atom is -0.454 e. The van der Waals surface area contributed by atoms with Crippen molar-refractivity contribution < 1.29 is 4.42 Å². The molecule has 9 aromatic rings. The van der Waals surface area contributed by atoms with Gasteiger partial charge in [0, 0.05) is 27.6 Å². The van der Waals surface area contributed by atoms with E-state index in [0.717, 1.165) is 39.0 Å². The summed E-state index contributed by atoms with van der Waals surface area (Å²) in [6.07, 6.45) is 0. The molecule has 49 heavy (non-hydrogen) atoms. The number of hydrogen-bond donors (Lipinski definition) is 0. The normalized spacial score (nSPS) is 13.3. The predicted molar refractivity (Wildman–Crippen MR) is 206 cm³/mol. The Balaban J connectivity index is 1.22. The zero-order valence-corrected chi connectivity index (χ0v) is 27.4. The summed E-state index contributed by atoms with van der Waals surface area (Å²) in [6.45, 7) is 4.69. The van der Waals surface area contributed by atoms with Gasteiger partial charge in [0.05, 0.1) is 5.69 Å². The van der Waals surface area contributed by atoms with E-state index in [-0.39, 0.29) is 5.41 Å². The molecule has 0 atom stereocenters. The summed E-state index contributed by atoms with van der Waals surface area (Å²) in [5, 5.41) is 7.18. The number of anilines is 3. The largest absolute Gasteiger partial charge is 0.454 e. The van der Waals surface area contributed by atoms with Gasteiger partial charge in [-0.2, -0.15) is 0 Å². The molecule has 232 valence electrons. The highest BCUT2D eigenvalue weighted by Gasteiger charge is 2.36. The number of nitrogens with zero attached hydrogens (tertiary/aromatic N) is 1. The van der Waals surface area contributed by atoms with Gasteiger partial charge in [0.2, 0.25) is 0 Å². The Hall–Kier alpha value is -6.12. The molecule has 8 aromatic carbocycles. The van der Waals surface area contributed by atoms with Crippen molar-refractivity contribution in [3.8, 4) is 22.3 Å². The van der Waals surface area contributed by atoms with Crippen LogP contribution >= 0.6 is 0 Å². The zero-order valence-electron chi connectivity index (χ0n) is 27.4. The maximum Gasteiger partial charge on any atom is 0.159 e. The molecule has 1 heterocycles. The van der Waals surface area contributed by atoms with E-state index in [4.69, 9.17) is 4.42 Å². The fraction of sp³-hybridized carbons (Fsp3) is 0.0638. The lowest BCUT2D eigenvalue weighted by molar-refractivity contribution is 0.660. The molecule has 0 radical (unpaired) electrons. The lowest BCUT2D eigenvalue weighted by atomic mass is 9.82. The van der Waals surface area contributed by atoms with Crippen LogP contribution in [0.3, 0.4) is 0 Å². The van der Waals surface area contributed by atoms with Crippen molar-refractivity contribution in [2.45, 2.75) is 19.3 Å². The van der Waals surface area contributed by atoms with Crippen molar-refractivity contribution in [3.63, 3.8) is 0 Å². The molecule has 0 amide bonds. The van der Waals surface area contributed by atoms with Gasteiger partial charge in [0.15, 0.2) is 5.58 Å². The number of benzene rings is 8. The maximum atomic E-state index is 6.82. The number of furan rings is 1. The molecule has 0 N–H and O–H groups in total. The van der Waals surface area contributed by atoms with E-state index in [0.29, 0.717) is 0 Å². The monoisotopic (exact) mass is 627 g/mol. The third-order valence-corrected chi connectivity index (χ3v) is 10.6. The molecular weight excluding hydrogens is 595 g/mol. The van der Waals surface area contributed by atoms with Crippen LogP contribution in [0.15, 0.2) is 168 Å². The molecule has 10 rings (SSSR count). The first-order valence-corrected chi connectivity index (χ1v) is 17.0. The quantitative estimate of drug-likeness (QED) is 0.193. The van der Waals surface area contributed by atoms with Crippen molar-refractivity contribution in [1.82, 2.24) is 0 Å². The van der Waals surface area contributed by atoms with Gasteiger partial charge in [0.25, 0.3) is 0 Å². The second-order valence-electron chi connectivity index (χ2n) is 13.8. The van der Waals surface area contributed by atoms with E-state index < -0.39 is 0 Å². The number of fused-ring (bicyclic) bond motifs is 9. The van der Waals surface area contributed by atoms with E-state index in [1.165, 1.54) is 54.9 Å². The Bertz CT molecular complexity index is 2770. The molecule has 1 aliphatic rings. The second-order valence-corrected chi connectivity index (χ2v) is 13.8. The van der Waals surface area contributed by atoms with E-state index in [2.05, 4.69) is 183 Å². The van der Waals surface area contributed by atoms with Crippen LogP contribution in [0.5, 0.6) is 0 Å². The SMILES string of the molecule is CC1(C)c2ccccc2-c2ccc(N(c3cccc(-c4ccc5ccccc5c4)c3)c3cccc4c3oc3ccc5ccccc5c34)cc21. The third kappa shape index (κ3) is 4.20. The molecule has 0 saturated heterocycles. The Kier molecular flexibility index (Phi) is 5.95. The minimum absolute atomic E-state index is 0.120. The van der Waals surface area contributed by atoms with Crippen molar-refractivity contribution in [3.05, 3.63) is 175 Å². The van der Waals surface area contributed by atoms with Crippen molar-refractivity contribution >= 4 is 60.5 Å². The minimum atomic E-state index is -0.120. The van der Waals surface area contributed by atoms with Gasteiger partial charge in [-0.25, -0.2) is 0 Å². The van der Waals surface area contributed by atoms with E-state index in [1.54, 1.807) is 0 Å². The van der Waals surface area contributed by atoms with Crippen molar-refractivity contribution in [1.29, 1.82) is 0 Å². The van der Waals surface area contributed by atoms with Gasteiger partial charge in [-0.3, -0.25) is 0 Å². The molecule has 0 unspecified atom stereocenters. The topological polar surface area (TPSA) is 16.4 Å². The first-order chi connectivity index (χ1) is 24.0. The van der Waals surface area contributed by atoms with Crippen molar-refractivity contribution in [2.75, 3.05) is 4.90 Å².